The van der Waals surface area contributed by atoms with E-state index >= 15 is 0 Å². The Morgan fingerprint density at radius 3 is 3.00 bits per heavy atom. The van der Waals surface area contributed by atoms with Gasteiger partial charge in [0.25, 0.3) is 0 Å². The number of amidine groups is 1. The van der Waals surface area contributed by atoms with E-state index in [0.717, 1.165) is 17.7 Å². The smallest absolute Gasteiger partial charge is 0.133 e. The molecule has 1 aliphatic heterocycles. The maximum atomic E-state index is 7.40. The van der Waals surface area contributed by atoms with Gasteiger partial charge >= 0.3 is 0 Å². The molecule has 2 rings (SSSR count). The third kappa shape index (κ3) is 1.28. The second kappa shape index (κ2) is 3.21. The fourth-order valence-corrected chi connectivity index (χ4v) is 1.59. The number of hydrogen-bond acceptors (Lipinski definition) is 3. The maximum Gasteiger partial charge on any atom is 0.133 e. The van der Waals surface area contributed by atoms with Crippen LogP contribution in [0.3, 0.4) is 0 Å². The molecule has 3 N–H and O–H groups in total. The van der Waals surface area contributed by atoms with Gasteiger partial charge in [-0.15, -0.1) is 0 Å². The Labute approximate surface area is 82.1 Å². The van der Waals surface area contributed by atoms with Crippen molar-refractivity contribution < 1.29 is 9.47 Å². The van der Waals surface area contributed by atoms with Crippen LogP contribution in [-0.4, -0.2) is 19.6 Å². The van der Waals surface area contributed by atoms with Crippen molar-refractivity contribution in [3.63, 3.8) is 0 Å². The molecule has 0 bridgehead atoms. The highest BCUT2D eigenvalue weighted by atomic mass is 16.5. The molecule has 74 valence electrons. The Morgan fingerprint density at radius 2 is 2.36 bits per heavy atom. The highest BCUT2D eigenvalue weighted by Gasteiger charge is 2.17. The Bertz CT molecular complexity index is 388. The predicted octanol–water partition coefficient (Wildman–Crippen LogP) is 0.914. The van der Waals surface area contributed by atoms with Crippen molar-refractivity contribution >= 4 is 5.84 Å². The van der Waals surface area contributed by atoms with Gasteiger partial charge in [-0.05, 0) is 11.6 Å². The summed E-state index contributed by atoms with van der Waals surface area (Å²) >= 11 is 0. The number of nitrogens with two attached hydrogens (primary N) is 1. The highest BCUT2D eigenvalue weighted by molar-refractivity contribution is 5.98. The molecule has 1 aromatic rings. The minimum atomic E-state index is 0.0246. The Morgan fingerprint density at radius 1 is 1.57 bits per heavy atom. The van der Waals surface area contributed by atoms with Crippen LogP contribution < -0.4 is 15.2 Å². The van der Waals surface area contributed by atoms with E-state index < -0.39 is 0 Å². The lowest BCUT2D eigenvalue weighted by molar-refractivity contribution is 0.352. The molecule has 0 amide bonds. The van der Waals surface area contributed by atoms with Crippen molar-refractivity contribution in [3.05, 3.63) is 23.3 Å². The molecule has 0 saturated carbocycles. The number of benzene rings is 1. The second-order valence-corrected chi connectivity index (χ2v) is 3.17. The van der Waals surface area contributed by atoms with Crippen LogP contribution in [0.1, 0.15) is 11.1 Å². The van der Waals surface area contributed by atoms with Crippen molar-refractivity contribution in [1.82, 2.24) is 0 Å². The van der Waals surface area contributed by atoms with Crippen molar-refractivity contribution in [2.45, 2.75) is 6.42 Å². The van der Waals surface area contributed by atoms with Crippen molar-refractivity contribution in [1.29, 1.82) is 5.41 Å². The largest absolute Gasteiger partial charge is 0.496 e. The third-order valence-electron chi connectivity index (χ3n) is 2.30. The van der Waals surface area contributed by atoms with E-state index in [4.69, 9.17) is 20.6 Å². The molecule has 0 fully saturated rings. The normalized spacial score (nSPS) is 13.2. The second-order valence-electron chi connectivity index (χ2n) is 3.17. The van der Waals surface area contributed by atoms with Crippen molar-refractivity contribution in [2.75, 3.05) is 13.7 Å². The number of rotatable bonds is 2. The molecule has 1 aromatic carbocycles. The lowest BCUT2D eigenvalue weighted by Crippen LogP contribution is -2.12. The van der Waals surface area contributed by atoms with Crippen molar-refractivity contribution in [3.8, 4) is 11.5 Å². The van der Waals surface area contributed by atoms with Crippen LogP contribution in [-0.2, 0) is 6.42 Å². The molecule has 0 atom stereocenters. The van der Waals surface area contributed by atoms with E-state index in [-0.39, 0.29) is 5.84 Å². The first-order valence-electron chi connectivity index (χ1n) is 4.40. The minimum absolute atomic E-state index is 0.0246. The maximum absolute atomic E-state index is 7.40. The summed E-state index contributed by atoms with van der Waals surface area (Å²) in [6.45, 7) is 0.694. The average Bonchev–Trinajstić information content (AvgIpc) is 2.62. The van der Waals surface area contributed by atoms with E-state index in [0.29, 0.717) is 17.9 Å². The number of hydrogen-bond donors (Lipinski definition) is 2. The number of methoxy groups -OCH3 is 1. The standard InChI is InChI=1S/C10H12N2O2/c1-13-9-5-8-6(2-3-14-8)4-7(9)10(11)12/h4-5H,2-3H2,1H3,(H3,11,12). The van der Waals surface area contributed by atoms with Crippen LogP contribution in [0, 0.1) is 5.41 Å². The molecular weight excluding hydrogens is 180 g/mol. The lowest BCUT2D eigenvalue weighted by atomic mass is 10.1. The topological polar surface area (TPSA) is 68.3 Å². The van der Waals surface area contributed by atoms with Crippen LogP contribution in [0.15, 0.2) is 12.1 Å². The SMILES string of the molecule is COc1cc2c(cc1C(=N)N)CCO2. The Kier molecular flexibility index (Phi) is 2.04. The number of nitrogens with one attached hydrogen (secondary N) is 1. The number of nitrogen functional groups attached to an aromatic ring is 1. The highest BCUT2D eigenvalue weighted by Crippen LogP contribution is 2.32. The van der Waals surface area contributed by atoms with E-state index in [1.165, 1.54) is 0 Å². The zero-order chi connectivity index (χ0) is 10.1. The monoisotopic (exact) mass is 192 g/mol. The zero-order valence-corrected chi connectivity index (χ0v) is 7.96. The van der Waals surface area contributed by atoms with Crippen LogP contribution in [0.2, 0.25) is 0 Å². The Hall–Kier alpha value is -1.71. The molecular formula is C10H12N2O2. The van der Waals surface area contributed by atoms with Gasteiger partial charge in [0.05, 0.1) is 19.3 Å². The van der Waals surface area contributed by atoms with E-state index in [9.17, 15) is 0 Å². The molecule has 0 spiro atoms. The molecule has 0 radical (unpaired) electrons. The summed E-state index contributed by atoms with van der Waals surface area (Å²) in [7, 11) is 1.56. The zero-order valence-electron chi connectivity index (χ0n) is 7.96. The first-order chi connectivity index (χ1) is 6.72. The Balaban J connectivity index is 2.54. The third-order valence-corrected chi connectivity index (χ3v) is 2.30. The molecule has 14 heavy (non-hydrogen) atoms. The van der Waals surface area contributed by atoms with Crippen LogP contribution in [0.25, 0.3) is 0 Å². The molecule has 1 aliphatic rings. The summed E-state index contributed by atoms with van der Waals surface area (Å²) in [5.74, 6) is 1.46. The van der Waals surface area contributed by atoms with Gasteiger partial charge in [-0.1, -0.05) is 0 Å². The van der Waals surface area contributed by atoms with E-state index in [2.05, 4.69) is 0 Å². The summed E-state index contributed by atoms with van der Waals surface area (Å²) in [5.41, 5.74) is 7.18. The molecule has 1 heterocycles. The lowest BCUT2D eigenvalue weighted by Gasteiger charge is -2.09. The predicted molar refractivity (Wildman–Crippen MR) is 53.2 cm³/mol. The summed E-state index contributed by atoms with van der Waals surface area (Å²) in [6, 6.07) is 3.66. The molecule has 0 aliphatic carbocycles. The van der Waals surface area contributed by atoms with Gasteiger partial charge < -0.3 is 15.2 Å². The van der Waals surface area contributed by atoms with E-state index in [1.54, 1.807) is 13.2 Å². The minimum Gasteiger partial charge on any atom is -0.496 e. The average molecular weight is 192 g/mol. The summed E-state index contributed by atoms with van der Waals surface area (Å²) < 4.78 is 10.5. The molecule has 4 heteroatoms. The van der Waals surface area contributed by atoms with Gasteiger partial charge in [-0.2, -0.15) is 0 Å². The van der Waals surface area contributed by atoms with Crippen LogP contribution in [0.5, 0.6) is 11.5 Å². The summed E-state index contributed by atoms with van der Waals surface area (Å²) in [6.07, 6.45) is 0.875. The molecule has 0 unspecified atom stereocenters. The van der Waals surface area contributed by atoms with Gasteiger partial charge in [0.1, 0.15) is 17.3 Å². The van der Waals surface area contributed by atoms with Gasteiger partial charge in [-0.3, -0.25) is 5.41 Å². The van der Waals surface area contributed by atoms with Crippen LogP contribution >= 0.6 is 0 Å². The fourth-order valence-electron chi connectivity index (χ4n) is 1.59. The molecule has 0 aromatic heterocycles. The molecule has 0 saturated heterocycles. The first-order valence-corrected chi connectivity index (χ1v) is 4.40. The van der Waals surface area contributed by atoms with E-state index in [1.807, 2.05) is 6.07 Å². The van der Waals surface area contributed by atoms with Gasteiger partial charge in [0.15, 0.2) is 0 Å². The molecule has 4 nitrogen and oxygen atoms in total. The van der Waals surface area contributed by atoms with Gasteiger partial charge in [0, 0.05) is 12.5 Å². The fraction of sp³-hybridized carbons (Fsp3) is 0.300. The number of fused-ring (bicyclic) bond motifs is 1. The van der Waals surface area contributed by atoms with Gasteiger partial charge in [0.2, 0.25) is 0 Å². The van der Waals surface area contributed by atoms with Crippen molar-refractivity contribution in [2.24, 2.45) is 5.73 Å². The van der Waals surface area contributed by atoms with Crippen LogP contribution in [0.4, 0.5) is 0 Å². The first kappa shape index (κ1) is 8.87. The number of ether oxygens (including phenoxy) is 2. The van der Waals surface area contributed by atoms with Gasteiger partial charge in [-0.25, -0.2) is 0 Å². The quantitative estimate of drug-likeness (QED) is 0.540. The summed E-state index contributed by atoms with van der Waals surface area (Å²) in [4.78, 5) is 0. The summed E-state index contributed by atoms with van der Waals surface area (Å²) in [5, 5.41) is 7.40.